The second-order valence-corrected chi connectivity index (χ2v) is 8.49. The summed E-state index contributed by atoms with van der Waals surface area (Å²) in [5.41, 5.74) is -0.403. The van der Waals surface area contributed by atoms with Crippen molar-refractivity contribution >= 4 is 9.84 Å². The molecule has 7 heteroatoms. The van der Waals surface area contributed by atoms with Crippen LogP contribution in [0.2, 0.25) is 0 Å². The molecular formula is C18H18O6S. The first-order valence-electron chi connectivity index (χ1n) is 7.95. The van der Waals surface area contributed by atoms with Gasteiger partial charge in [0.05, 0.1) is 23.4 Å². The Bertz CT molecular complexity index is 889. The predicted molar refractivity (Wildman–Crippen MR) is 89.3 cm³/mol. The molecule has 2 N–H and O–H groups in total. The molecule has 1 aliphatic heterocycles. The van der Waals surface area contributed by atoms with E-state index in [1.807, 2.05) is 0 Å². The van der Waals surface area contributed by atoms with Gasteiger partial charge in [0.15, 0.2) is 21.3 Å². The van der Waals surface area contributed by atoms with Crippen molar-refractivity contribution in [2.75, 3.05) is 20.0 Å². The standard InChI is InChI=1S/C18H18O6S/c19-9-18(10-20)16(12-6-7-14-15(8-12)24-11-23-14)17(18)25(21,22)13-4-2-1-3-5-13/h1-8,16-17,19-20H,9-11H2/t16-,17-/m1/s1. The van der Waals surface area contributed by atoms with Gasteiger partial charge in [-0.1, -0.05) is 24.3 Å². The number of hydrogen-bond acceptors (Lipinski definition) is 6. The lowest BCUT2D eigenvalue weighted by atomic mass is 10.0. The zero-order valence-corrected chi connectivity index (χ0v) is 14.1. The molecule has 0 spiro atoms. The topological polar surface area (TPSA) is 93.1 Å². The highest BCUT2D eigenvalue weighted by atomic mass is 32.2. The van der Waals surface area contributed by atoms with Gasteiger partial charge in [-0.3, -0.25) is 0 Å². The van der Waals surface area contributed by atoms with Crippen LogP contribution in [0.15, 0.2) is 53.4 Å². The van der Waals surface area contributed by atoms with Crippen molar-refractivity contribution in [1.29, 1.82) is 0 Å². The van der Waals surface area contributed by atoms with Gasteiger partial charge >= 0.3 is 0 Å². The van der Waals surface area contributed by atoms with Crippen molar-refractivity contribution < 1.29 is 28.1 Å². The summed E-state index contributed by atoms with van der Waals surface area (Å²) in [5.74, 6) is 0.637. The molecule has 2 aromatic carbocycles. The van der Waals surface area contributed by atoms with E-state index >= 15 is 0 Å². The number of sulfone groups is 1. The smallest absolute Gasteiger partial charge is 0.231 e. The van der Waals surface area contributed by atoms with Crippen LogP contribution in [0.1, 0.15) is 11.5 Å². The van der Waals surface area contributed by atoms with Gasteiger partial charge in [-0.25, -0.2) is 8.42 Å². The molecular weight excluding hydrogens is 344 g/mol. The minimum absolute atomic E-state index is 0.125. The zero-order chi connectivity index (χ0) is 17.7. The molecule has 1 aliphatic carbocycles. The number of fused-ring (bicyclic) bond motifs is 1. The Balaban J connectivity index is 1.77. The first-order valence-corrected chi connectivity index (χ1v) is 9.49. The summed E-state index contributed by atoms with van der Waals surface area (Å²) in [7, 11) is -3.70. The summed E-state index contributed by atoms with van der Waals surface area (Å²) in [6.45, 7) is -0.709. The monoisotopic (exact) mass is 362 g/mol. The summed E-state index contributed by atoms with van der Waals surface area (Å²) < 4.78 is 36.8. The van der Waals surface area contributed by atoms with Gasteiger partial charge in [0.1, 0.15) is 0 Å². The third-order valence-corrected chi connectivity index (χ3v) is 7.47. The average molecular weight is 362 g/mol. The third kappa shape index (κ3) is 2.34. The van der Waals surface area contributed by atoms with Gasteiger partial charge in [-0.05, 0) is 29.8 Å². The van der Waals surface area contributed by atoms with E-state index in [1.54, 1.807) is 36.4 Å². The van der Waals surface area contributed by atoms with Gasteiger partial charge in [0.2, 0.25) is 6.79 Å². The van der Waals surface area contributed by atoms with Crippen LogP contribution in [0.25, 0.3) is 0 Å². The first-order chi connectivity index (χ1) is 12.0. The fourth-order valence-corrected chi connectivity index (χ4v) is 6.19. The van der Waals surface area contributed by atoms with E-state index in [2.05, 4.69) is 0 Å². The predicted octanol–water partition coefficient (Wildman–Crippen LogP) is 1.33. The molecule has 0 radical (unpaired) electrons. The van der Waals surface area contributed by atoms with E-state index in [0.717, 1.165) is 0 Å². The second-order valence-electron chi connectivity index (χ2n) is 6.42. The molecule has 0 aromatic heterocycles. The van der Waals surface area contributed by atoms with Gasteiger partial charge in [0, 0.05) is 11.3 Å². The largest absolute Gasteiger partial charge is 0.454 e. The molecule has 0 amide bonds. The van der Waals surface area contributed by atoms with Gasteiger partial charge in [-0.2, -0.15) is 0 Å². The van der Waals surface area contributed by atoms with E-state index in [9.17, 15) is 18.6 Å². The van der Waals surface area contributed by atoms with Crippen molar-refractivity contribution in [3.63, 3.8) is 0 Å². The molecule has 2 aliphatic rings. The lowest BCUT2D eigenvalue weighted by Crippen LogP contribution is -2.22. The first kappa shape index (κ1) is 16.4. The quantitative estimate of drug-likeness (QED) is 0.833. The van der Waals surface area contributed by atoms with Crippen molar-refractivity contribution in [3.8, 4) is 11.5 Å². The number of aliphatic hydroxyl groups is 2. The Kier molecular flexibility index (Phi) is 3.75. The van der Waals surface area contributed by atoms with Crippen LogP contribution in [0, 0.1) is 5.41 Å². The highest BCUT2D eigenvalue weighted by Crippen LogP contribution is 2.64. The molecule has 0 unspecified atom stereocenters. The summed E-state index contributed by atoms with van der Waals surface area (Å²) in [6, 6.07) is 13.3. The summed E-state index contributed by atoms with van der Waals surface area (Å²) in [4.78, 5) is 0.189. The van der Waals surface area contributed by atoms with Crippen LogP contribution >= 0.6 is 0 Å². The maximum atomic E-state index is 13.1. The SMILES string of the molecule is O=S(=O)(c1ccccc1)[C@@H]1[C@@H](c2ccc3c(c2)OCO3)C1(CO)CO. The Morgan fingerprint density at radius 1 is 1.00 bits per heavy atom. The van der Waals surface area contributed by atoms with Crippen molar-refractivity contribution in [3.05, 3.63) is 54.1 Å². The van der Waals surface area contributed by atoms with E-state index in [1.165, 1.54) is 12.1 Å². The van der Waals surface area contributed by atoms with Crippen molar-refractivity contribution in [2.24, 2.45) is 5.41 Å². The number of hydrogen-bond donors (Lipinski definition) is 2. The zero-order valence-electron chi connectivity index (χ0n) is 13.3. The van der Waals surface area contributed by atoms with Gasteiger partial charge < -0.3 is 19.7 Å². The lowest BCUT2D eigenvalue weighted by Gasteiger charge is -2.11. The van der Waals surface area contributed by atoms with Crippen LogP contribution in [-0.2, 0) is 9.84 Å². The van der Waals surface area contributed by atoms with Crippen molar-refractivity contribution in [2.45, 2.75) is 16.1 Å². The molecule has 6 nitrogen and oxygen atoms in total. The fraction of sp³-hybridized carbons (Fsp3) is 0.333. The number of benzene rings is 2. The Hall–Kier alpha value is -2.09. The minimum Gasteiger partial charge on any atom is -0.454 e. The van der Waals surface area contributed by atoms with Crippen LogP contribution in [-0.4, -0.2) is 43.9 Å². The molecule has 1 saturated carbocycles. The van der Waals surface area contributed by atoms with Crippen LogP contribution in [0.5, 0.6) is 11.5 Å². The second kappa shape index (κ2) is 5.72. The van der Waals surface area contributed by atoms with Gasteiger partial charge in [0.25, 0.3) is 0 Å². The van der Waals surface area contributed by atoms with E-state index in [-0.39, 0.29) is 11.7 Å². The average Bonchev–Trinajstić information content (AvgIpc) is 3.12. The molecule has 0 saturated heterocycles. The molecule has 4 rings (SSSR count). The summed E-state index contributed by atoms with van der Waals surface area (Å²) in [5, 5.41) is 18.9. The summed E-state index contributed by atoms with van der Waals surface area (Å²) >= 11 is 0. The number of aliphatic hydroxyl groups excluding tert-OH is 2. The fourth-order valence-electron chi connectivity index (χ4n) is 3.74. The molecule has 1 fully saturated rings. The number of ether oxygens (including phenoxy) is 2. The maximum Gasteiger partial charge on any atom is 0.231 e. The number of rotatable bonds is 5. The molecule has 132 valence electrons. The molecule has 2 atom stereocenters. The Morgan fingerprint density at radius 2 is 1.68 bits per heavy atom. The third-order valence-electron chi connectivity index (χ3n) is 5.13. The highest BCUT2D eigenvalue weighted by molar-refractivity contribution is 7.92. The maximum absolute atomic E-state index is 13.1. The highest BCUT2D eigenvalue weighted by Gasteiger charge is 2.70. The van der Waals surface area contributed by atoms with Crippen LogP contribution in [0.3, 0.4) is 0 Å². The van der Waals surface area contributed by atoms with Gasteiger partial charge in [-0.15, -0.1) is 0 Å². The van der Waals surface area contributed by atoms with Crippen LogP contribution in [0.4, 0.5) is 0 Å². The van der Waals surface area contributed by atoms with E-state index in [4.69, 9.17) is 9.47 Å². The van der Waals surface area contributed by atoms with Crippen LogP contribution < -0.4 is 9.47 Å². The molecule has 25 heavy (non-hydrogen) atoms. The Labute approximate surface area is 145 Å². The van der Waals surface area contributed by atoms with Crippen molar-refractivity contribution in [1.82, 2.24) is 0 Å². The summed E-state index contributed by atoms with van der Waals surface area (Å²) in [6.07, 6.45) is 0. The molecule has 2 aromatic rings. The molecule has 0 bridgehead atoms. The minimum atomic E-state index is -3.70. The van der Waals surface area contributed by atoms with E-state index < -0.39 is 39.6 Å². The Morgan fingerprint density at radius 3 is 2.36 bits per heavy atom. The van der Waals surface area contributed by atoms with E-state index in [0.29, 0.717) is 17.1 Å². The lowest BCUT2D eigenvalue weighted by molar-refractivity contribution is 0.130. The molecule has 1 heterocycles. The normalized spacial score (nSPS) is 23.4.